The minimum atomic E-state index is -0.0398. The maximum absolute atomic E-state index is 13.5. The van der Waals surface area contributed by atoms with Gasteiger partial charge >= 0.3 is 0 Å². The van der Waals surface area contributed by atoms with Crippen molar-refractivity contribution < 1.29 is 9.21 Å². The smallest absolute Gasteiger partial charge is 0.258 e. The number of rotatable bonds is 6. The van der Waals surface area contributed by atoms with Crippen LogP contribution >= 0.6 is 11.3 Å². The third kappa shape index (κ3) is 3.64. The second-order valence-corrected chi connectivity index (χ2v) is 7.65. The number of carbonyl (C=O) groups is 1. The highest BCUT2D eigenvalue weighted by molar-refractivity contribution is 7.09. The van der Waals surface area contributed by atoms with Crippen LogP contribution in [0.1, 0.15) is 32.4 Å². The van der Waals surface area contributed by atoms with Crippen molar-refractivity contribution in [3.8, 4) is 5.69 Å². The lowest BCUT2D eigenvalue weighted by Crippen LogP contribution is -2.30. The molecule has 0 saturated carbocycles. The molecule has 0 atom stereocenters. The lowest BCUT2D eigenvalue weighted by atomic mass is 10.1. The number of furan rings is 1. The van der Waals surface area contributed by atoms with E-state index < -0.39 is 0 Å². The maximum atomic E-state index is 13.5. The summed E-state index contributed by atoms with van der Waals surface area (Å²) in [4.78, 5) is 16.5. The van der Waals surface area contributed by atoms with Gasteiger partial charge in [0.1, 0.15) is 5.76 Å². The lowest BCUT2D eigenvalue weighted by molar-refractivity contribution is 0.0718. The van der Waals surface area contributed by atoms with Crippen LogP contribution in [0, 0.1) is 13.8 Å². The summed E-state index contributed by atoms with van der Waals surface area (Å²) in [7, 11) is 0. The Bertz CT molecular complexity index is 1010. The minimum Gasteiger partial charge on any atom is -0.467 e. The van der Waals surface area contributed by atoms with Gasteiger partial charge in [-0.1, -0.05) is 24.3 Å². The highest BCUT2D eigenvalue weighted by atomic mass is 32.1. The maximum Gasteiger partial charge on any atom is 0.258 e. The number of nitrogens with zero attached hydrogens (tertiary/aromatic N) is 3. The number of carbonyl (C=O) groups excluding carboxylic acids is 1. The number of aromatic nitrogens is 2. The zero-order chi connectivity index (χ0) is 19.5. The first kappa shape index (κ1) is 18.3. The molecule has 4 aromatic rings. The Morgan fingerprint density at radius 2 is 1.89 bits per heavy atom. The van der Waals surface area contributed by atoms with Gasteiger partial charge in [-0.25, -0.2) is 4.68 Å². The van der Waals surface area contributed by atoms with E-state index in [4.69, 9.17) is 4.42 Å². The van der Waals surface area contributed by atoms with Gasteiger partial charge in [-0.15, -0.1) is 11.3 Å². The Morgan fingerprint density at radius 3 is 2.57 bits per heavy atom. The Labute approximate surface area is 167 Å². The van der Waals surface area contributed by atoms with Gasteiger partial charge in [-0.05, 0) is 49.6 Å². The highest BCUT2D eigenvalue weighted by Crippen LogP contribution is 2.23. The van der Waals surface area contributed by atoms with Crippen LogP contribution in [0.25, 0.3) is 5.69 Å². The molecular weight excluding hydrogens is 370 g/mol. The van der Waals surface area contributed by atoms with Crippen molar-refractivity contribution >= 4 is 17.2 Å². The highest BCUT2D eigenvalue weighted by Gasteiger charge is 2.25. The number of hydrogen-bond acceptors (Lipinski definition) is 4. The standard InChI is InChI=1S/C22H21N3O2S/c1-16-21(17(2)25(23-16)18-8-4-3-5-9-18)22(26)24(14-19-10-6-12-27-19)15-20-11-7-13-28-20/h3-13H,14-15H2,1-2H3. The molecule has 0 radical (unpaired) electrons. The fourth-order valence-electron chi connectivity index (χ4n) is 3.31. The van der Waals surface area contributed by atoms with Gasteiger partial charge in [0, 0.05) is 4.88 Å². The second kappa shape index (κ2) is 7.86. The first-order valence-corrected chi connectivity index (χ1v) is 9.97. The number of para-hydroxylation sites is 1. The zero-order valence-corrected chi connectivity index (χ0v) is 16.6. The molecule has 0 aliphatic carbocycles. The van der Waals surface area contributed by atoms with Crippen molar-refractivity contribution in [2.45, 2.75) is 26.9 Å². The predicted molar refractivity (Wildman–Crippen MR) is 110 cm³/mol. The van der Waals surface area contributed by atoms with E-state index in [1.165, 1.54) is 0 Å². The van der Waals surface area contributed by atoms with E-state index in [-0.39, 0.29) is 5.91 Å². The molecule has 5 nitrogen and oxygen atoms in total. The monoisotopic (exact) mass is 391 g/mol. The summed E-state index contributed by atoms with van der Waals surface area (Å²) in [5.74, 6) is 0.720. The molecule has 142 valence electrons. The zero-order valence-electron chi connectivity index (χ0n) is 15.8. The molecule has 0 unspecified atom stereocenters. The van der Waals surface area contributed by atoms with Gasteiger partial charge in [0.2, 0.25) is 0 Å². The third-order valence-corrected chi connectivity index (χ3v) is 5.51. The second-order valence-electron chi connectivity index (χ2n) is 6.61. The van der Waals surface area contributed by atoms with Crippen molar-refractivity contribution in [3.05, 3.63) is 93.8 Å². The number of benzene rings is 1. The molecule has 1 amide bonds. The van der Waals surface area contributed by atoms with Gasteiger partial charge < -0.3 is 9.32 Å². The van der Waals surface area contributed by atoms with Crippen LogP contribution in [0.2, 0.25) is 0 Å². The molecule has 0 fully saturated rings. The Balaban J connectivity index is 1.69. The van der Waals surface area contributed by atoms with Crippen LogP contribution in [-0.2, 0) is 13.1 Å². The minimum absolute atomic E-state index is 0.0398. The molecule has 0 bridgehead atoms. The topological polar surface area (TPSA) is 51.3 Å². The van der Waals surface area contributed by atoms with Gasteiger partial charge in [-0.3, -0.25) is 4.79 Å². The lowest BCUT2D eigenvalue weighted by Gasteiger charge is -2.21. The van der Waals surface area contributed by atoms with Gasteiger partial charge in [0.15, 0.2) is 0 Å². The molecule has 4 rings (SSSR count). The quantitative estimate of drug-likeness (QED) is 0.465. The van der Waals surface area contributed by atoms with Crippen LogP contribution in [0.15, 0.2) is 70.7 Å². The summed E-state index contributed by atoms with van der Waals surface area (Å²) in [6.45, 7) is 4.78. The van der Waals surface area contributed by atoms with Gasteiger partial charge in [0.05, 0.1) is 42.0 Å². The van der Waals surface area contributed by atoms with Crippen molar-refractivity contribution in [1.29, 1.82) is 0 Å². The van der Waals surface area contributed by atoms with Crippen LogP contribution < -0.4 is 0 Å². The Kier molecular flexibility index (Phi) is 5.12. The number of aryl methyl sites for hydroxylation is 1. The van der Waals surface area contributed by atoms with Crippen molar-refractivity contribution in [1.82, 2.24) is 14.7 Å². The summed E-state index contributed by atoms with van der Waals surface area (Å²) >= 11 is 1.64. The molecule has 3 aromatic heterocycles. The van der Waals surface area contributed by atoms with Crippen molar-refractivity contribution in [2.75, 3.05) is 0 Å². The van der Waals surface area contributed by atoms with Crippen LogP contribution in [-0.4, -0.2) is 20.6 Å². The molecule has 0 spiro atoms. The summed E-state index contributed by atoms with van der Waals surface area (Å²) in [6.07, 6.45) is 1.63. The molecular formula is C22H21N3O2S. The normalized spacial score (nSPS) is 10.9. The first-order valence-electron chi connectivity index (χ1n) is 9.09. The van der Waals surface area contributed by atoms with E-state index in [0.717, 1.165) is 27.7 Å². The molecule has 0 aliphatic rings. The predicted octanol–water partition coefficient (Wildman–Crippen LogP) is 4.99. The molecule has 28 heavy (non-hydrogen) atoms. The average molecular weight is 391 g/mol. The van der Waals surface area contributed by atoms with E-state index in [0.29, 0.717) is 18.7 Å². The molecule has 0 N–H and O–H groups in total. The third-order valence-electron chi connectivity index (χ3n) is 4.65. The van der Waals surface area contributed by atoms with E-state index in [1.54, 1.807) is 17.6 Å². The average Bonchev–Trinajstić information content (AvgIpc) is 3.44. The Morgan fingerprint density at radius 1 is 1.07 bits per heavy atom. The molecule has 3 heterocycles. The Hall–Kier alpha value is -3.12. The number of hydrogen-bond donors (Lipinski definition) is 0. The fourth-order valence-corrected chi connectivity index (χ4v) is 4.03. The van der Waals surface area contributed by atoms with E-state index in [9.17, 15) is 4.79 Å². The SMILES string of the molecule is Cc1nn(-c2ccccc2)c(C)c1C(=O)N(Cc1ccco1)Cc1cccs1. The summed E-state index contributed by atoms with van der Waals surface area (Å²) in [5.41, 5.74) is 3.15. The van der Waals surface area contributed by atoms with Gasteiger partial charge in [-0.2, -0.15) is 5.10 Å². The molecule has 0 aliphatic heterocycles. The molecule has 6 heteroatoms. The van der Waals surface area contributed by atoms with Crippen molar-refractivity contribution in [3.63, 3.8) is 0 Å². The largest absolute Gasteiger partial charge is 0.467 e. The van der Waals surface area contributed by atoms with Crippen LogP contribution in [0.3, 0.4) is 0 Å². The van der Waals surface area contributed by atoms with E-state index >= 15 is 0 Å². The molecule has 1 aromatic carbocycles. The number of amides is 1. The fraction of sp³-hybridized carbons (Fsp3) is 0.182. The van der Waals surface area contributed by atoms with E-state index in [2.05, 4.69) is 5.10 Å². The summed E-state index contributed by atoms with van der Waals surface area (Å²) in [5, 5.41) is 6.65. The van der Waals surface area contributed by atoms with Gasteiger partial charge in [0.25, 0.3) is 5.91 Å². The van der Waals surface area contributed by atoms with Crippen LogP contribution in [0.4, 0.5) is 0 Å². The summed E-state index contributed by atoms with van der Waals surface area (Å²) < 4.78 is 7.33. The van der Waals surface area contributed by atoms with E-state index in [1.807, 2.05) is 83.4 Å². The summed E-state index contributed by atoms with van der Waals surface area (Å²) in [6, 6.07) is 17.6. The molecule has 0 saturated heterocycles. The first-order chi connectivity index (χ1) is 13.6. The number of thiophene rings is 1. The van der Waals surface area contributed by atoms with Crippen LogP contribution in [0.5, 0.6) is 0 Å². The van der Waals surface area contributed by atoms with Crippen molar-refractivity contribution in [2.24, 2.45) is 0 Å².